The highest BCUT2D eigenvalue weighted by atomic mass is 32.2. The highest BCUT2D eigenvalue weighted by molar-refractivity contribution is 8.01. The molecule has 0 spiro atoms. The van der Waals surface area contributed by atoms with Crippen LogP contribution < -0.4 is 0 Å². The van der Waals surface area contributed by atoms with Crippen LogP contribution in [0.5, 0.6) is 0 Å². The Balaban J connectivity index is 4.27. The van der Waals surface area contributed by atoms with Crippen LogP contribution in [-0.2, 0) is 9.59 Å². The molecule has 0 rings (SSSR count). The van der Waals surface area contributed by atoms with Crippen LogP contribution in [0.4, 0.5) is 0 Å². The number of carboxylic acid groups (broad SMARTS) is 2. The van der Waals surface area contributed by atoms with Crippen LogP contribution in [0.3, 0.4) is 0 Å². The lowest BCUT2D eigenvalue weighted by Crippen LogP contribution is -2.23. The fraction of sp³-hybridized carbons (Fsp3) is 0.636. The van der Waals surface area contributed by atoms with E-state index in [2.05, 4.69) is 50.3 Å². The van der Waals surface area contributed by atoms with E-state index in [0.717, 1.165) is 51.4 Å². The molecule has 0 saturated carbocycles. The van der Waals surface area contributed by atoms with Crippen molar-refractivity contribution < 1.29 is 19.8 Å². The summed E-state index contributed by atoms with van der Waals surface area (Å²) in [5.74, 6) is -2.09. The van der Waals surface area contributed by atoms with Crippen molar-refractivity contribution >= 4 is 23.7 Å². The Labute approximate surface area is 168 Å². The zero-order valence-electron chi connectivity index (χ0n) is 16.8. The van der Waals surface area contributed by atoms with E-state index in [1.807, 2.05) is 0 Å². The third-order valence-electron chi connectivity index (χ3n) is 4.03. The van der Waals surface area contributed by atoms with E-state index in [-0.39, 0.29) is 11.7 Å². The van der Waals surface area contributed by atoms with Crippen LogP contribution in [0.25, 0.3) is 0 Å². The highest BCUT2D eigenvalue weighted by Gasteiger charge is 2.25. The summed E-state index contributed by atoms with van der Waals surface area (Å²) >= 11 is 1.31. The second-order valence-electron chi connectivity index (χ2n) is 6.58. The van der Waals surface area contributed by atoms with E-state index < -0.39 is 17.2 Å². The van der Waals surface area contributed by atoms with Crippen molar-refractivity contribution in [1.29, 1.82) is 0 Å². The van der Waals surface area contributed by atoms with Crippen LogP contribution in [0, 0.1) is 0 Å². The molecule has 0 bridgehead atoms. The van der Waals surface area contributed by atoms with Crippen molar-refractivity contribution in [2.75, 3.05) is 0 Å². The average Bonchev–Trinajstić information content (AvgIpc) is 2.62. The zero-order valence-corrected chi connectivity index (χ0v) is 17.6. The van der Waals surface area contributed by atoms with Gasteiger partial charge in [0.1, 0.15) is 5.25 Å². The Bertz CT molecular complexity index is 483. The van der Waals surface area contributed by atoms with Gasteiger partial charge in [-0.05, 0) is 38.5 Å². The lowest BCUT2D eigenvalue weighted by molar-refractivity contribution is -0.142. The SMILES string of the molecule is CCC/C=C\C/C=C\C/C=C\CCC(CCCC)SC(CC(=O)O)C(=O)O. The minimum Gasteiger partial charge on any atom is -0.481 e. The molecule has 0 aliphatic rings. The molecule has 0 saturated heterocycles. The summed E-state index contributed by atoms with van der Waals surface area (Å²) in [5.41, 5.74) is 0. The van der Waals surface area contributed by atoms with Gasteiger partial charge in [-0.25, -0.2) is 0 Å². The molecule has 2 N–H and O–H groups in total. The molecule has 2 unspecified atom stereocenters. The lowest BCUT2D eigenvalue weighted by atomic mass is 10.1. The molecule has 154 valence electrons. The van der Waals surface area contributed by atoms with Gasteiger partial charge >= 0.3 is 11.9 Å². The lowest BCUT2D eigenvalue weighted by Gasteiger charge is -2.19. The first-order valence-corrected chi connectivity index (χ1v) is 11.0. The minimum atomic E-state index is -1.06. The number of rotatable bonds is 17. The van der Waals surface area contributed by atoms with Crippen LogP contribution >= 0.6 is 11.8 Å². The molecule has 5 heteroatoms. The Kier molecular flexibility index (Phi) is 16.9. The van der Waals surface area contributed by atoms with Crippen LogP contribution in [0.15, 0.2) is 36.5 Å². The largest absolute Gasteiger partial charge is 0.481 e. The molecular formula is C22H36O4S. The maximum atomic E-state index is 11.3. The van der Waals surface area contributed by atoms with Crippen molar-refractivity contribution in [2.24, 2.45) is 0 Å². The quantitative estimate of drug-likeness (QED) is 0.285. The summed E-state index contributed by atoms with van der Waals surface area (Å²) in [6.07, 6.45) is 21.7. The molecule has 0 aliphatic carbocycles. The van der Waals surface area contributed by atoms with Gasteiger partial charge < -0.3 is 10.2 Å². The van der Waals surface area contributed by atoms with E-state index in [1.54, 1.807) is 0 Å². The van der Waals surface area contributed by atoms with Crippen molar-refractivity contribution in [2.45, 2.75) is 88.6 Å². The summed E-state index contributed by atoms with van der Waals surface area (Å²) in [6.45, 7) is 4.28. The van der Waals surface area contributed by atoms with Gasteiger partial charge in [-0.3, -0.25) is 9.59 Å². The van der Waals surface area contributed by atoms with Gasteiger partial charge in [-0.1, -0.05) is 69.6 Å². The molecule has 0 amide bonds. The first kappa shape index (κ1) is 25.5. The zero-order chi connectivity index (χ0) is 20.3. The molecule has 0 aromatic heterocycles. The standard InChI is InChI=1S/C22H36O4S/c1-3-5-7-8-9-10-11-12-13-14-15-17-19(16-6-4-2)27-20(22(25)26)18-21(23)24/h7-8,10-11,13-14,19-20H,3-6,9,12,15-18H2,1-2H3,(H,23,24)(H,25,26)/b8-7-,11-10-,14-13-. The Hall–Kier alpha value is -1.49. The van der Waals surface area contributed by atoms with E-state index >= 15 is 0 Å². The van der Waals surface area contributed by atoms with Crippen molar-refractivity contribution in [3.05, 3.63) is 36.5 Å². The third kappa shape index (κ3) is 16.4. The first-order chi connectivity index (χ1) is 13.0. The summed E-state index contributed by atoms with van der Waals surface area (Å²) < 4.78 is 0. The summed E-state index contributed by atoms with van der Waals surface area (Å²) in [4.78, 5) is 22.2. The molecule has 4 nitrogen and oxygen atoms in total. The monoisotopic (exact) mass is 396 g/mol. The molecule has 2 atom stereocenters. The van der Waals surface area contributed by atoms with Gasteiger partial charge in [0.15, 0.2) is 0 Å². The molecule has 0 aromatic rings. The van der Waals surface area contributed by atoms with Crippen molar-refractivity contribution in [1.82, 2.24) is 0 Å². The Morgan fingerprint density at radius 2 is 1.44 bits per heavy atom. The number of unbranched alkanes of at least 4 members (excludes halogenated alkanes) is 2. The third-order valence-corrected chi connectivity index (χ3v) is 5.58. The van der Waals surface area contributed by atoms with Gasteiger partial charge in [-0.2, -0.15) is 0 Å². The smallest absolute Gasteiger partial charge is 0.317 e. The molecule has 0 aliphatic heterocycles. The number of hydrogen-bond acceptors (Lipinski definition) is 3. The summed E-state index contributed by atoms with van der Waals surface area (Å²) in [6, 6.07) is 0. The summed E-state index contributed by atoms with van der Waals surface area (Å²) in [5, 5.41) is 17.5. The average molecular weight is 397 g/mol. The number of aliphatic carboxylic acids is 2. The van der Waals surface area contributed by atoms with Gasteiger partial charge in [0.05, 0.1) is 6.42 Å². The van der Waals surface area contributed by atoms with E-state index in [1.165, 1.54) is 18.2 Å². The second kappa shape index (κ2) is 17.9. The minimum absolute atomic E-state index is 0.189. The van der Waals surface area contributed by atoms with Gasteiger partial charge in [0, 0.05) is 5.25 Å². The van der Waals surface area contributed by atoms with Crippen LogP contribution in [0.2, 0.25) is 0 Å². The predicted octanol–water partition coefficient (Wildman–Crippen LogP) is 6.24. The second-order valence-corrected chi connectivity index (χ2v) is 8.08. The van der Waals surface area contributed by atoms with Crippen LogP contribution in [0.1, 0.15) is 78.1 Å². The van der Waals surface area contributed by atoms with E-state index in [4.69, 9.17) is 5.11 Å². The molecule has 0 heterocycles. The number of hydrogen-bond donors (Lipinski definition) is 2. The topological polar surface area (TPSA) is 74.6 Å². The summed E-state index contributed by atoms with van der Waals surface area (Å²) in [7, 11) is 0. The normalized spacial score (nSPS) is 14.3. The van der Waals surface area contributed by atoms with E-state index in [9.17, 15) is 14.7 Å². The number of allylic oxidation sites excluding steroid dienone is 6. The number of carboxylic acids is 2. The molecule has 27 heavy (non-hydrogen) atoms. The van der Waals surface area contributed by atoms with Crippen LogP contribution in [-0.4, -0.2) is 32.7 Å². The maximum absolute atomic E-state index is 11.3. The molecule has 0 fully saturated rings. The number of thioether (sulfide) groups is 1. The fourth-order valence-electron chi connectivity index (χ4n) is 2.52. The van der Waals surface area contributed by atoms with Gasteiger partial charge in [-0.15, -0.1) is 11.8 Å². The van der Waals surface area contributed by atoms with Crippen molar-refractivity contribution in [3.8, 4) is 0 Å². The maximum Gasteiger partial charge on any atom is 0.317 e. The van der Waals surface area contributed by atoms with Gasteiger partial charge in [0.25, 0.3) is 0 Å². The predicted molar refractivity (Wildman–Crippen MR) is 115 cm³/mol. The number of carbonyl (C=O) groups is 2. The molecule has 0 aromatic carbocycles. The molecule has 0 radical (unpaired) electrons. The Morgan fingerprint density at radius 1 is 0.852 bits per heavy atom. The highest BCUT2D eigenvalue weighted by Crippen LogP contribution is 2.28. The molecular weight excluding hydrogens is 360 g/mol. The van der Waals surface area contributed by atoms with E-state index in [0.29, 0.717) is 0 Å². The Morgan fingerprint density at radius 3 is 1.96 bits per heavy atom. The first-order valence-electron chi connectivity index (χ1n) is 10.1. The van der Waals surface area contributed by atoms with Gasteiger partial charge in [0.2, 0.25) is 0 Å². The fourth-order valence-corrected chi connectivity index (χ4v) is 3.92. The van der Waals surface area contributed by atoms with Crippen molar-refractivity contribution in [3.63, 3.8) is 0 Å².